The quantitative estimate of drug-likeness (QED) is 0.481. The second kappa shape index (κ2) is 10.2. The van der Waals surface area contributed by atoms with Gasteiger partial charge in [-0.1, -0.05) is 45.2 Å². The second-order valence-corrected chi connectivity index (χ2v) is 7.90. The molecule has 29 heavy (non-hydrogen) atoms. The Morgan fingerprint density at radius 3 is 2.72 bits per heavy atom. The summed E-state index contributed by atoms with van der Waals surface area (Å²) in [4.78, 5) is 24.4. The van der Waals surface area contributed by atoms with Crippen LogP contribution in [0.4, 0.5) is 5.82 Å². The topological polar surface area (TPSA) is 79.1 Å². The zero-order chi connectivity index (χ0) is 20.6. The van der Waals surface area contributed by atoms with Gasteiger partial charge in [0.05, 0.1) is 23.7 Å². The highest BCUT2D eigenvalue weighted by atomic mass is 16.5. The van der Waals surface area contributed by atoms with Crippen molar-refractivity contribution < 1.29 is 9.53 Å². The molecule has 6 nitrogen and oxygen atoms in total. The molecule has 0 N–H and O–H groups in total. The fourth-order valence-corrected chi connectivity index (χ4v) is 3.82. The number of hydrogen-bond donors (Lipinski definition) is 0. The van der Waals surface area contributed by atoms with Gasteiger partial charge in [-0.2, -0.15) is 5.26 Å². The molecule has 154 valence electrons. The van der Waals surface area contributed by atoms with Crippen molar-refractivity contribution in [3.05, 3.63) is 30.0 Å². The molecule has 2 heterocycles. The molecule has 1 aromatic carbocycles. The molecule has 6 heteroatoms. The van der Waals surface area contributed by atoms with Gasteiger partial charge in [0.15, 0.2) is 11.7 Å². The van der Waals surface area contributed by atoms with E-state index in [1.807, 2.05) is 24.3 Å². The molecule has 0 bridgehead atoms. The van der Waals surface area contributed by atoms with E-state index in [0.29, 0.717) is 29.6 Å². The fraction of sp³-hybridized carbons (Fsp3) is 0.565. The highest BCUT2D eigenvalue weighted by molar-refractivity contribution is 5.85. The molecule has 0 spiro atoms. The lowest BCUT2D eigenvalue weighted by Crippen LogP contribution is -2.36. The molecule has 2 aromatic rings. The third-order valence-electron chi connectivity index (χ3n) is 5.42. The van der Waals surface area contributed by atoms with Gasteiger partial charge in [0.2, 0.25) is 0 Å². The van der Waals surface area contributed by atoms with Crippen molar-refractivity contribution in [1.82, 2.24) is 9.97 Å². The number of ether oxygens (including phenoxy) is 1. The normalized spacial score (nSPS) is 17.7. The highest BCUT2D eigenvalue weighted by Gasteiger charge is 2.31. The molecule has 1 fully saturated rings. The van der Waals surface area contributed by atoms with E-state index in [2.05, 4.69) is 24.8 Å². The van der Waals surface area contributed by atoms with E-state index in [-0.39, 0.29) is 0 Å². The first-order chi connectivity index (χ1) is 14.1. The van der Waals surface area contributed by atoms with E-state index >= 15 is 0 Å². The number of aromatic nitrogens is 2. The van der Waals surface area contributed by atoms with Crippen molar-refractivity contribution in [1.29, 1.82) is 5.26 Å². The minimum Gasteiger partial charge on any atom is -0.464 e. The SMILES string of the molecule is CCCCCCOC(=O)C(C#N)c1nc2ccccc2nc1N1CCCC(C)C1. The number of nitriles is 1. The predicted octanol–water partition coefficient (Wildman–Crippen LogP) is 4.60. The van der Waals surface area contributed by atoms with Crippen LogP contribution < -0.4 is 4.90 Å². The number of carbonyl (C=O) groups excluding carboxylic acids is 1. The molecule has 1 aromatic heterocycles. The largest absolute Gasteiger partial charge is 0.464 e. The molecule has 1 aliphatic rings. The average molecular weight is 395 g/mol. The van der Waals surface area contributed by atoms with E-state index in [1.54, 1.807) is 0 Å². The summed E-state index contributed by atoms with van der Waals surface area (Å²) in [6, 6.07) is 9.70. The minimum absolute atomic E-state index is 0.341. The lowest BCUT2D eigenvalue weighted by Gasteiger charge is -2.33. The summed E-state index contributed by atoms with van der Waals surface area (Å²) in [5, 5.41) is 9.80. The molecule has 1 saturated heterocycles. The van der Waals surface area contributed by atoms with Gasteiger partial charge in [-0.3, -0.25) is 4.79 Å². The van der Waals surface area contributed by atoms with E-state index in [9.17, 15) is 10.1 Å². The Morgan fingerprint density at radius 2 is 2.03 bits per heavy atom. The van der Waals surface area contributed by atoms with Gasteiger partial charge < -0.3 is 9.64 Å². The van der Waals surface area contributed by atoms with E-state index in [4.69, 9.17) is 14.7 Å². The van der Waals surface area contributed by atoms with Crippen LogP contribution in [0.1, 0.15) is 64.0 Å². The van der Waals surface area contributed by atoms with Crippen LogP contribution in [0.2, 0.25) is 0 Å². The van der Waals surface area contributed by atoms with Gasteiger partial charge in [-0.25, -0.2) is 9.97 Å². The van der Waals surface area contributed by atoms with Gasteiger partial charge in [0, 0.05) is 13.1 Å². The summed E-state index contributed by atoms with van der Waals surface area (Å²) < 4.78 is 5.42. The van der Waals surface area contributed by atoms with Crippen LogP contribution >= 0.6 is 0 Å². The number of rotatable bonds is 8. The smallest absolute Gasteiger partial charge is 0.329 e. The molecule has 2 unspecified atom stereocenters. The van der Waals surface area contributed by atoms with Crippen LogP contribution in [0.3, 0.4) is 0 Å². The lowest BCUT2D eigenvalue weighted by molar-refractivity contribution is -0.144. The van der Waals surface area contributed by atoms with Gasteiger partial charge in [0.1, 0.15) is 5.69 Å². The summed E-state index contributed by atoms with van der Waals surface area (Å²) in [5.74, 6) is -0.411. The van der Waals surface area contributed by atoms with Gasteiger partial charge in [-0.15, -0.1) is 0 Å². The lowest BCUT2D eigenvalue weighted by atomic mass is 9.99. The summed E-state index contributed by atoms with van der Waals surface area (Å²) >= 11 is 0. The first kappa shape index (κ1) is 21.0. The number of anilines is 1. The number of unbranched alkanes of at least 4 members (excludes halogenated alkanes) is 3. The van der Waals surface area contributed by atoms with Crippen molar-refractivity contribution in [2.45, 2.75) is 58.3 Å². The summed E-state index contributed by atoms with van der Waals surface area (Å²) in [7, 11) is 0. The van der Waals surface area contributed by atoms with E-state index in [0.717, 1.165) is 50.7 Å². The molecule has 1 aliphatic heterocycles. The van der Waals surface area contributed by atoms with Crippen molar-refractivity contribution in [2.75, 3.05) is 24.6 Å². The van der Waals surface area contributed by atoms with Crippen LogP contribution in [0, 0.1) is 17.2 Å². The second-order valence-electron chi connectivity index (χ2n) is 7.90. The highest BCUT2D eigenvalue weighted by Crippen LogP contribution is 2.30. The van der Waals surface area contributed by atoms with Crippen molar-refractivity contribution in [3.8, 4) is 6.07 Å². The number of benzene rings is 1. The molecule has 0 aliphatic carbocycles. The number of hydrogen-bond acceptors (Lipinski definition) is 6. The van der Waals surface area contributed by atoms with Crippen molar-refractivity contribution >= 4 is 22.8 Å². The molecule has 2 atom stereocenters. The Hall–Kier alpha value is -2.68. The van der Waals surface area contributed by atoms with E-state index in [1.165, 1.54) is 6.42 Å². The van der Waals surface area contributed by atoms with Gasteiger partial charge in [-0.05, 0) is 37.3 Å². The van der Waals surface area contributed by atoms with Crippen LogP contribution in [0.25, 0.3) is 11.0 Å². The predicted molar refractivity (Wildman–Crippen MR) is 114 cm³/mol. The monoisotopic (exact) mass is 394 g/mol. The Balaban J connectivity index is 1.89. The minimum atomic E-state index is -1.06. The molecular weight excluding hydrogens is 364 g/mol. The number of nitrogens with zero attached hydrogens (tertiary/aromatic N) is 4. The number of carbonyl (C=O) groups is 1. The molecule has 0 amide bonds. The Kier molecular flexibility index (Phi) is 7.40. The molecule has 3 rings (SSSR count). The van der Waals surface area contributed by atoms with Gasteiger partial charge >= 0.3 is 5.97 Å². The molecule has 0 radical (unpaired) electrons. The summed E-state index contributed by atoms with van der Waals surface area (Å²) in [5.41, 5.74) is 1.88. The molecule has 0 saturated carbocycles. The first-order valence-corrected chi connectivity index (χ1v) is 10.7. The summed E-state index contributed by atoms with van der Waals surface area (Å²) in [6.07, 6.45) is 6.32. The van der Waals surface area contributed by atoms with Gasteiger partial charge in [0.25, 0.3) is 0 Å². The Morgan fingerprint density at radius 1 is 1.28 bits per heavy atom. The van der Waals surface area contributed by atoms with E-state index < -0.39 is 11.9 Å². The fourth-order valence-electron chi connectivity index (χ4n) is 3.82. The third kappa shape index (κ3) is 5.23. The van der Waals surface area contributed by atoms with Crippen molar-refractivity contribution in [2.24, 2.45) is 5.92 Å². The maximum atomic E-state index is 12.7. The molecular formula is C23H30N4O2. The Labute approximate surface area is 172 Å². The average Bonchev–Trinajstić information content (AvgIpc) is 2.73. The first-order valence-electron chi connectivity index (χ1n) is 10.7. The van der Waals surface area contributed by atoms with Crippen LogP contribution in [0.5, 0.6) is 0 Å². The third-order valence-corrected chi connectivity index (χ3v) is 5.42. The maximum Gasteiger partial charge on any atom is 0.329 e. The standard InChI is InChI=1S/C23H30N4O2/c1-3-4-5-8-14-29-23(28)18(15-24)21-22(27-13-9-10-17(2)16-27)26-20-12-7-6-11-19(20)25-21/h6-7,11-12,17-18H,3-5,8-10,13-14,16H2,1-2H3. The maximum absolute atomic E-state index is 12.7. The zero-order valence-electron chi connectivity index (χ0n) is 17.4. The number of para-hydroxylation sites is 2. The number of fused-ring (bicyclic) bond motifs is 1. The van der Waals surface area contributed by atoms with Crippen molar-refractivity contribution in [3.63, 3.8) is 0 Å². The number of piperidine rings is 1. The summed E-state index contributed by atoms with van der Waals surface area (Å²) in [6.45, 7) is 6.40. The Bertz CT molecular complexity index is 877. The zero-order valence-corrected chi connectivity index (χ0v) is 17.4. The van der Waals surface area contributed by atoms with Crippen LogP contribution in [-0.2, 0) is 9.53 Å². The van der Waals surface area contributed by atoms with Crippen LogP contribution in [-0.4, -0.2) is 35.6 Å². The van der Waals surface area contributed by atoms with Crippen LogP contribution in [0.15, 0.2) is 24.3 Å². The number of esters is 1.